The quantitative estimate of drug-likeness (QED) is 0.513. The molecule has 0 radical (unpaired) electrons. The fourth-order valence-corrected chi connectivity index (χ4v) is 3.28. The van der Waals surface area contributed by atoms with Crippen molar-refractivity contribution in [3.8, 4) is 16.3 Å². The van der Waals surface area contributed by atoms with Gasteiger partial charge in [0.05, 0.1) is 30.9 Å². The van der Waals surface area contributed by atoms with Crippen molar-refractivity contribution >= 4 is 22.4 Å². The molecule has 4 aromatic rings. The third kappa shape index (κ3) is 3.35. The molecule has 0 N–H and O–H groups in total. The predicted octanol–water partition coefficient (Wildman–Crippen LogP) is 4.08. The second-order valence-corrected chi connectivity index (χ2v) is 6.66. The van der Waals surface area contributed by atoms with Gasteiger partial charge in [-0.05, 0) is 23.8 Å². The van der Waals surface area contributed by atoms with Gasteiger partial charge in [-0.1, -0.05) is 22.5 Å². The normalized spacial score (nSPS) is 11.4. The molecule has 4 rings (SSSR count). The lowest BCUT2D eigenvalue weighted by molar-refractivity contribution is 0.146. The van der Waals surface area contributed by atoms with Gasteiger partial charge in [0.2, 0.25) is 0 Å². The van der Waals surface area contributed by atoms with Crippen molar-refractivity contribution < 1.29 is 17.9 Å². The fourth-order valence-electron chi connectivity index (χ4n) is 2.64. The molecule has 0 unspecified atom stereocenters. The first-order valence-corrected chi connectivity index (χ1v) is 8.62. The third-order valence-corrected chi connectivity index (χ3v) is 4.84. The van der Waals surface area contributed by atoms with Crippen molar-refractivity contribution in [1.29, 1.82) is 0 Å². The summed E-state index contributed by atoms with van der Waals surface area (Å²) in [7, 11) is 1.51. The summed E-state index contributed by atoms with van der Waals surface area (Å²) in [6.07, 6.45) is 0.261. The number of ether oxygens (including phenoxy) is 1. The molecular weight excluding hydrogens is 379 g/mol. The maximum absolute atomic E-state index is 13.5. The molecule has 1 aromatic carbocycles. The van der Waals surface area contributed by atoms with Crippen molar-refractivity contribution in [2.45, 2.75) is 13.0 Å². The van der Waals surface area contributed by atoms with Gasteiger partial charge in [-0.15, -0.1) is 5.10 Å². The van der Waals surface area contributed by atoms with Crippen LogP contribution >= 0.6 is 11.3 Å². The number of hydrogen-bond donors (Lipinski definition) is 0. The number of rotatable bonds is 5. The van der Waals surface area contributed by atoms with Gasteiger partial charge in [-0.3, -0.25) is 9.67 Å². The average molecular weight is 391 g/mol. The van der Waals surface area contributed by atoms with Crippen LogP contribution < -0.4 is 4.74 Å². The lowest BCUT2D eigenvalue weighted by Gasteiger charge is -2.07. The highest BCUT2D eigenvalue weighted by molar-refractivity contribution is 7.13. The Hall–Kier alpha value is -3.01. The molecule has 10 heteroatoms. The van der Waals surface area contributed by atoms with Crippen LogP contribution in [0, 0.1) is 5.82 Å². The molecule has 0 saturated carbocycles. The summed E-state index contributed by atoms with van der Waals surface area (Å²) in [5, 5.41) is 13.3. The van der Waals surface area contributed by atoms with Gasteiger partial charge in [0.25, 0.3) is 11.6 Å². The zero-order valence-corrected chi connectivity index (χ0v) is 14.8. The Labute approximate surface area is 155 Å². The van der Waals surface area contributed by atoms with Crippen LogP contribution in [0.3, 0.4) is 0 Å². The van der Waals surface area contributed by atoms with Gasteiger partial charge in [0.1, 0.15) is 16.3 Å². The number of methoxy groups -OCH3 is 1. The highest BCUT2D eigenvalue weighted by Crippen LogP contribution is 2.29. The largest absolute Gasteiger partial charge is 0.472 e. The summed E-state index contributed by atoms with van der Waals surface area (Å²) in [6, 6.07) is 5.39. The zero-order valence-electron chi connectivity index (χ0n) is 13.9. The fraction of sp³-hybridized carbons (Fsp3) is 0.176. The Morgan fingerprint density at radius 1 is 1.15 bits per heavy atom. The average Bonchev–Trinajstić information content (AvgIpc) is 3.29. The molecular formula is C17H12F3N5OS. The maximum Gasteiger partial charge on any atom is 0.293 e. The molecule has 0 atom stereocenters. The number of benzene rings is 1. The lowest BCUT2D eigenvalue weighted by Crippen LogP contribution is -2.01. The van der Waals surface area contributed by atoms with Crippen molar-refractivity contribution in [2.24, 2.45) is 0 Å². The molecule has 0 aliphatic heterocycles. The topological polar surface area (TPSA) is 65.7 Å². The SMILES string of the molecule is COc1nnc(Cn2ncc3ncc(-c4ccc(F)c(C(F)F)c4)cc32)s1. The van der Waals surface area contributed by atoms with Crippen LogP contribution in [0.5, 0.6) is 5.19 Å². The predicted molar refractivity (Wildman–Crippen MR) is 93.4 cm³/mol. The van der Waals surface area contributed by atoms with Gasteiger partial charge < -0.3 is 4.74 Å². The molecule has 0 spiro atoms. The summed E-state index contributed by atoms with van der Waals surface area (Å²) >= 11 is 1.30. The first-order chi connectivity index (χ1) is 13.0. The van der Waals surface area contributed by atoms with Crippen LogP contribution in [0.1, 0.15) is 17.0 Å². The van der Waals surface area contributed by atoms with E-state index in [0.29, 0.717) is 38.9 Å². The molecule has 3 heterocycles. The number of nitrogens with zero attached hydrogens (tertiary/aromatic N) is 5. The number of aromatic nitrogens is 5. The minimum atomic E-state index is -2.89. The van der Waals surface area contributed by atoms with E-state index in [4.69, 9.17) is 4.74 Å². The van der Waals surface area contributed by atoms with Crippen LogP contribution in [0.4, 0.5) is 13.2 Å². The van der Waals surface area contributed by atoms with E-state index in [0.717, 1.165) is 12.1 Å². The Morgan fingerprint density at radius 2 is 2.00 bits per heavy atom. The van der Waals surface area contributed by atoms with Crippen molar-refractivity contribution in [3.05, 3.63) is 53.0 Å². The van der Waals surface area contributed by atoms with Gasteiger partial charge in [0.15, 0.2) is 0 Å². The second kappa shape index (κ2) is 6.95. The monoisotopic (exact) mass is 391 g/mol. The number of fused-ring (bicyclic) bond motifs is 1. The highest BCUT2D eigenvalue weighted by Gasteiger charge is 2.15. The van der Waals surface area contributed by atoms with Crippen LogP contribution in [0.25, 0.3) is 22.2 Å². The van der Waals surface area contributed by atoms with Crippen molar-refractivity contribution in [1.82, 2.24) is 25.0 Å². The van der Waals surface area contributed by atoms with Gasteiger partial charge in [-0.25, -0.2) is 13.2 Å². The molecule has 0 fully saturated rings. The number of alkyl halides is 2. The molecule has 6 nitrogen and oxygen atoms in total. The first kappa shape index (κ1) is 17.4. The molecule has 3 aromatic heterocycles. The number of halogens is 3. The summed E-state index contributed by atoms with van der Waals surface area (Å²) in [5.41, 5.74) is 1.74. The Kier molecular flexibility index (Phi) is 4.48. The highest BCUT2D eigenvalue weighted by atomic mass is 32.1. The van der Waals surface area contributed by atoms with Gasteiger partial charge >= 0.3 is 0 Å². The lowest BCUT2D eigenvalue weighted by atomic mass is 10.0. The Balaban J connectivity index is 1.72. The number of pyridine rings is 1. The van der Waals surface area contributed by atoms with Crippen LogP contribution in [0.15, 0.2) is 36.7 Å². The van der Waals surface area contributed by atoms with Gasteiger partial charge in [-0.2, -0.15) is 5.10 Å². The Morgan fingerprint density at radius 3 is 2.74 bits per heavy atom. The van der Waals surface area contributed by atoms with Crippen molar-refractivity contribution in [3.63, 3.8) is 0 Å². The first-order valence-electron chi connectivity index (χ1n) is 7.81. The summed E-state index contributed by atoms with van der Waals surface area (Å²) in [6.45, 7) is 0.362. The van der Waals surface area contributed by atoms with Crippen LogP contribution in [-0.4, -0.2) is 32.1 Å². The minimum absolute atomic E-state index is 0.362. The van der Waals surface area contributed by atoms with Crippen molar-refractivity contribution in [2.75, 3.05) is 7.11 Å². The number of hydrogen-bond acceptors (Lipinski definition) is 6. The summed E-state index contributed by atoms with van der Waals surface area (Å²) in [4.78, 5) is 4.32. The van der Waals surface area contributed by atoms with E-state index >= 15 is 0 Å². The maximum atomic E-state index is 13.5. The summed E-state index contributed by atoms with van der Waals surface area (Å²) in [5.74, 6) is -0.932. The smallest absolute Gasteiger partial charge is 0.293 e. The molecule has 27 heavy (non-hydrogen) atoms. The van der Waals surface area contributed by atoms with E-state index in [1.54, 1.807) is 23.1 Å². The Bertz CT molecular complexity index is 1110. The molecule has 138 valence electrons. The molecule has 0 bridgehead atoms. The van der Waals surface area contributed by atoms with E-state index < -0.39 is 17.8 Å². The standard InChI is InChI=1S/C17H12F3N5OS/c1-26-17-24-23-15(27-17)8-25-14-5-10(6-21-13(14)7-22-25)9-2-3-12(18)11(4-9)16(19)20/h2-7,16H,8H2,1H3. The van der Waals surface area contributed by atoms with E-state index in [2.05, 4.69) is 20.3 Å². The molecule has 0 saturated heterocycles. The second-order valence-electron chi connectivity index (χ2n) is 5.63. The van der Waals surface area contributed by atoms with E-state index in [1.165, 1.54) is 24.5 Å². The zero-order chi connectivity index (χ0) is 19.0. The van der Waals surface area contributed by atoms with E-state index in [9.17, 15) is 13.2 Å². The molecule has 0 amide bonds. The molecule has 0 aliphatic rings. The van der Waals surface area contributed by atoms with E-state index in [-0.39, 0.29) is 0 Å². The third-order valence-electron chi connectivity index (χ3n) is 3.97. The van der Waals surface area contributed by atoms with E-state index in [1.807, 2.05) is 0 Å². The van der Waals surface area contributed by atoms with Gasteiger partial charge in [0, 0.05) is 11.8 Å². The molecule has 0 aliphatic carbocycles. The minimum Gasteiger partial charge on any atom is -0.472 e. The van der Waals surface area contributed by atoms with Crippen LogP contribution in [-0.2, 0) is 6.54 Å². The summed E-state index contributed by atoms with van der Waals surface area (Å²) < 4.78 is 46.2. The van der Waals surface area contributed by atoms with Crippen LogP contribution in [0.2, 0.25) is 0 Å².